The van der Waals surface area contributed by atoms with E-state index in [9.17, 15) is 19.2 Å². The summed E-state index contributed by atoms with van der Waals surface area (Å²) in [5, 5.41) is 2.59. The number of ether oxygens (including phenoxy) is 1. The topological polar surface area (TPSA) is 161 Å². The molecule has 2 aromatic carbocycles. The van der Waals surface area contributed by atoms with Crippen molar-refractivity contribution in [2.75, 3.05) is 42.8 Å². The summed E-state index contributed by atoms with van der Waals surface area (Å²) in [6.45, 7) is 3.43. The zero-order chi connectivity index (χ0) is 28.7. The second-order valence-electron chi connectivity index (χ2n) is 8.74. The number of hydrogen-bond acceptors (Lipinski definition) is 9. The first-order chi connectivity index (χ1) is 18.6. The van der Waals surface area contributed by atoms with E-state index in [0.717, 1.165) is 29.2 Å². The fourth-order valence-electron chi connectivity index (χ4n) is 3.85. The number of rotatable bonds is 11. The van der Waals surface area contributed by atoms with Gasteiger partial charge in [0.05, 0.1) is 12.3 Å². The Labute approximate surface area is 230 Å². The van der Waals surface area contributed by atoms with Gasteiger partial charge in [-0.25, -0.2) is 0 Å². The van der Waals surface area contributed by atoms with Gasteiger partial charge in [0.1, 0.15) is 17.5 Å². The molecule has 0 fully saturated rings. The Morgan fingerprint density at radius 2 is 1.62 bits per heavy atom. The fourth-order valence-corrected chi connectivity index (χ4v) is 4.60. The van der Waals surface area contributed by atoms with Crippen LogP contribution in [0.4, 0.5) is 17.1 Å². The highest BCUT2D eigenvalue weighted by Gasteiger charge is 2.36. The van der Waals surface area contributed by atoms with Crippen molar-refractivity contribution < 1.29 is 23.9 Å². The van der Waals surface area contributed by atoms with E-state index < -0.39 is 29.7 Å². The molecule has 0 saturated heterocycles. The van der Waals surface area contributed by atoms with Gasteiger partial charge < -0.3 is 26.4 Å². The van der Waals surface area contributed by atoms with Gasteiger partial charge in [0.25, 0.3) is 11.8 Å². The van der Waals surface area contributed by atoms with Crippen molar-refractivity contribution >= 4 is 52.3 Å². The fraction of sp³-hybridized carbons (Fsp3) is 0.296. The summed E-state index contributed by atoms with van der Waals surface area (Å²) in [6.07, 6.45) is 0.771. The molecule has 0 bridgehead atoms. The van der Waals surface area contributed by atoms with Gasteiger partial charge >= 0.3 is 5.97 Å². The first-order valence-corrected chi connectivity index (χ1v) is 13.0. The number of benzene rings is 2. The van der Waals surface area contributed by atoms with Crippen LogP contribution in [0.25, 0.3) is 0 Å². The highest BCUT2D eigenvalue weighted by molar-refractivity contribution is 7.09. The molecule has 0 saturated carbocycles. The molecule has 0 spiro atoms. The van der Waals surface area contributed by atoms with Crippen molar-refractivity contribution in [3.63, 3.8) is 0 Å². The van der Waals surface area contributed by atoms with E-state index in [1.807, 2.05) is 50.2 Å². The van der Waals surface area contributed by atoms with Gasteiger partial charge in [-0.2, -0.15) is 4.37 Å². The third-order valence-electron chi connectivity index (χ3n) is 5.94. The number of esters is 1. The average Bonchev–Trinajstić information content (AvgIpc) is 3.32. The molecule has 0 unspecified atom stereocenters. The number of carbonyl (C=O) groups excluding carboxylic acids is 4. The van der Waals surface area contributed by atoms with Gasteiger partial charge in [0.2, 0.25) is 5.91 Å². The summed E-state index contributed by atoms with van der Waals surface area (Å²) in [5.74, 6) is -2.76. The van der Waals surface area contributed by atoms with Crippen molar-refractivity contribution in [1.82, 2.24) is 9.69 Å². The molecule has 206 valence electrons. The minimum absolute atomic E-state index is 0.0449. The predicted molar refractivity (Wildman–Crippen MR) is 151 cm³/mol. The minimum atomic E-state index is -1.21. The van der Waals surface area contributed by atoms with Crippen LogP contribution in [-0.2, 0) is 20.7 Å². The van der Waals surface area contributed by atoms with Crippen molar-refractivity contribution in [2.24, 2.45) is 5.73 Å². The Morgan fingerprint density at radius 3 is 2.13 bits per heavy atom. The first kappa shape index (κ1) is 29.1. The molecule has 3 aromatic rings. The third kappa shape index (κ3) is 6.71. The summed E-state index contributed by atoms with van der Waals surface area (Å²) in [5.41, 5.74) is 13.9. The van der Waals surface area contributed by atoms with Crippen LogP contribution in [0.3, 0.4) is 0 Å². The van der Waals surface area contributed by atoms with Gasteiger partial charge in [-0.05, 0) is 60.3 Å². The number of nitrogens with one attached hydrogen (secondary N) is 1. The quantitative estimate of drug-likeness (QED) is 0.306. The monoisotopic (exact) mass is 552 g/mol. The summed E-state index contributed by atoms with van der Waals surface area (Å²) in [7, 11) is 3.76. The number of amides is 3. The molecule has 0 aliphatic heterocycles. The van der Waals surface area contributed by atoms with Crippen LogP contribution < -0.4 is 26.6 Å². The maximum atomic E-state index is 14.1. The molecule has 0 aliphatic carbocycles. The van der Waals surface area contributed by atoms with Crippen LogP contribution in [-0.4, -0.2) is 55.3 Å². The van der Waals surface area contributed by atoms with E-state index in [4.69, 9.17) is 16.2 Å². The zero-order valence-electron chi connectivity index (χ0n) is 22.3. The lowest BCUT2D eigenvalue weighted by Crippen LogP contribution is -2.45. The normalized spacial score (nSPS) is 11.4. The largest absolute Gasteiger partial charge is 0.465 e. The lowest BCUT2D eigenvalue weighted by molar-refractivity contribution is -0.143. The lowest BCUT2D eigenvalue weighted by Gasteiger charge is -2.31. The Morgan fingerprint density at radius 1 is 1.00 bits per heavy atom. The molecule has 5 N–H and O–H groups in total. The lowest BCUT2D eigenvalue weighted by atomic mass is 10.0. The maximum absolute atomic E-state index is 14.1. The summed E-state index contributed by atoms with van der Waals surface area (Å²) in [6, 6.07) is 13.0. The number of nitrogens with two attached hydrogens (primary N) is 2. The van der Waals surface area contributed by atoms with Crippen molar-refractivity contribution in [3.8, 4) is 0 Å². The van der Waals surface area contributed by atoms with E-state index in [0.29, 0.717) is 11.3 Å². The van der Waals surface area contributed by atoms with E-state index >= 15 is 0 Å². The van der Waals surface area contributed by atoms with Crippen LogP contribution in [0, 0.1) is 0 Å². The Bertz CT molecular complexity index is 1340. The summed E-state index contributed by atoms with van der Waals surface area (Å²) >= 11 is 0.719. The van der Waals surface area contributed by atoms with Gasteiger partial charge in [-0.1, -0.05) is 31.2 Å². The summed E-state index contributed by atoms with van der Waals surface area (Å²) in [4.78, 5) is 54.7. The third-order valence-corrected chi connectivity index (χ3v) is 6.79. The number of carbonyl (C=O) groups is 4. The molecule has 1 heterocycles. The van der Waals surface area contributed by atoms with Gasteiger partial charge in [0.15, 0.2) is 5.69 Å². The van der Waals surface area contributed by atoms with E-state index in [2.05, 4.69) is 9.69 Å². The molecule has 39 heavy (non-hydrogen) atoms. The van der Waals surface area contributed by atoms with Crippen molar-refractivity contribution in [1.29, 1.82) is 0 Å². The molecular formula is C27H32N6O5S. The van der Waals surface area contributed by atoms with Crippen LogP contribution in [0.15, 0.2) is 48.5 Å². The molecule has 0 radical (unpaired) electrons. The predicted octanol–water partition coefficient (Wildman–Crippen LogP) is 2.52. The highest BCUT2D eigenvalue weighted by Crippen LogP contribution is 2.34. The summed E-state index contributed by atoms with van der Waals surface area (Å²) < 4.78 is 8.90. The standard InChI is InChI=1S/C27H32N6O5S/c1-5-16-7-11-19(12-8-16)33(27(37)24-21(28)22(25(29)35)31-39-24)23(26(36)30-15-20(34)38-6-2)17-9-13-18(14-10-17)32(3)4/h7-14,23H,5-6,15,28H2,1-4H3,(H2,29,35)(H,30,36)/t23-/m1/s1. The van der Waals surface area contributed by atoms with Crippen LogP contribution >= 0.6 is 11.5 Å². The number of hydrogen-bond donors (Lipinski definition) is 3. The number of primary amides is 1. The average molecular weight is 553 g/mol. The molecule has 0 aliphatic rings. The Hall–Kier alpha value is -4.45. The zero-order valence-corrected chi connectivity index (χ0v) is 23.1. The van der Waals surface area contributed by atoms with Crippen LogP contribution in [0.5, 0.6) is 0 Å². The van der Waals surface area contributed by atoms with E-state index in [1.54, 1.807) is 31.2 Å². The molecule has 1 aromatic heterocycles. The van der Waals surface area contributed by atoms with Crippen molar-refractivity contribution in [2.45, 2.75) is 26.3 Å². The molecular weight excluding hydrogens is 520 g/mol. The van der Waals surface area contributed by atoms with Gasteiger partial charge in [0, 0.05) is 25.5 Å². The van der Waals surface area contributed by atoms with Gasteiger partial charge in [-0.3, -0.25) is 24.1 Å². The Balaban J connectivity index is 2.17. The Kier molecular flexibility index (Phi) is 9.61. The number of anilines is 3. The van der Waals surface area contributed by atoms with E-state index in [1.165, 1.54) is 4.90 Å². The van der Waals surface area contributed by atoms with Gasteiger partial charge in [-0.15, -0.1) is 0 Å². The molecule has 3 rings (SSSR count). The number of nitrogen functional groups attached to an aromatic ring is 1. The maximum Gasteiger partial charge on any atom is 0.325 e. The molecule has 1 atom stereocenters. The number of aryl methyl sites for hydroxylation is 1. The van der Waals surface area contributed by atoms with Crippen LogP contribution in [0.1, 0.15) is 51.2 Å². The molecule has 3 amide bonds. The van der Waals surface area contributed by atoms with Crippen molar-refractivity contribution in [3.05, 3.63) is 70.2 Å². The molecule has 11 nitrogen and oxygen atoms in total. The number of aromatic nitrogens is 1. The second kappa shape index (κ2) is 12.9. The van der Waals surface area contributed by atoms with E-state index in [-0.39, 0.29) is 29.4 Å². The minimum Gasteiger partial charge on any atom is -0.465 e. The first-order valence-electron chi connectivity index (χ1n) is 12.3. The highest BCUT2D eigenvalue weighted by atomic mass is 32.1. The van der Waals surface area contributed by atoms with Crippen LogP contribution in [0.2, 0.25) is 0 Å². The molecule has 12 heteroatoms. The second-order valence-corrected chi connectivity index (χ2v) is 9.52. The smallest absolute Gasteiger partial charge is 0.325 e. The SMILES string of the molecule is CCOC(=O)CNC(=O)[C@@H](c1ccc(N(C)C)cc1)N(C(=O)c1snc(C(N)=O)c1N)c1ccc(CC)cc1. The number of nitrogens with zero attached hydrogens (tertiary/aromatic N) is 3.